The Balaban J connectivity index is 1.71. The van der Waals surface area contributed by atoms with Gasteiger partial charge in [-0.25, -0.2) is 8.42 Å². The summed E-state index contributed by atoms with van der Waals surface area (Å²) in [6, 6.07) is 11.4. The highest BCUT2D eigenvalue weighted by Crippen LogP contribution is 2.21. The summed E-state index contributed by atoms with van der Waals surface area (Å²) in [5.41, 5.74) is 0.704. The average molecular weight is 445 g/mol. The molecule has 1 fully saturated rings. The van der Waals surface area contributed by atoms with E-state index in [2.05, 4.69) is 10.3 Å². The van der Waals surface area contributed by atoms with E-state index in [0.717, 1.165) is 0 Å². The van der Waals surface area contributed by atoms with Gasteiger partial charge in [0.1, 0.15) is 10.9 Å². The molecule has 8 nitrogen and oxygen atoms in total. The molecule has 1 aliphatic rings. The van der Waals surface area contributed by atoms with Crippen molar-refractivity contribution < 1.29 is 18.0 Å². The Morgan fingerprint density at radius 1 is 1.03 bits per heavy atom. The number of sulfonamides is 1. The molecule has 1 N–H and O–H groups in total. The number of carbonyl (C=O) groups is 2. The Morgan fingerprint density at radius 3 is 2.29 bits per heavy atom. The third-order valence-electron chi connectivity index (χ3n) is 5.10. The Morgan fingerprint density at radius 2 is 1.71 bits per heavy atom. The molecule has 2 amide bonds. The molecule has 166 valence electrons. The molecule has 9 heteroatoms. The van der Waals surface area contributed by atoms with E-state index in [1.165, 1.54) is 22.8 Å². The first kappa shape index (κ1) is 22.9. The molecule has 0 bridgehead atoms. The molecule has 1 aromatic carbocycles. The van der Waals surface area contributed by atoms with Gasteiger partial charge in [0, 0.05) is 45.0 Å². The first-order valence-electron chi connectivity index (χ1n) is 10.3. The van der Waals surface area contributed by atoms with Crippen LogP contribution >= 0.6 is 0 Å². The maximum atomic E-state index is 13.3. The summed E-state index contributed by atoms with van der Waals surface area (Å²) in [4.78, 5) is 31.3. The van der Waals surface area contributed by atoms with Gasteiger partial charge in [-0.15, -0.1) is 0 Å². The molecule has 1 aliphatic heterocycles. The summed E-state index contributed by atoms with van der Waals surface area (Å²) < 4.78 is 26.9. The largest absolute Gasteiger partial charge is 0.341 e. The van der Waals surface area contributed by atoms with E-state index in [4.69, 9.17) is 0 Å². The molecule has 31 heavy (non-hydrogen) atoms. The number of aromatic nitrogens is 1. The smallest absolute Gasteiger partial charge is 0.249 e. The van der Waals surface area contributed by atoms with Crippen molar-refractivity contribution in [3.63, 3.8) is 0 Å². The van der Waals surface area contributed by atoms with Crippen LogP contribution in [0.3, 0.4) is 0 Å². The third-order valence-corrected chi connectivity index (χ3v) is 6.98. The van der Waals surface area contributed by atoms with E-state index >= 15 is 0 Å². The fourth-order valence-electron chi connectivity index (χ4n) is 3.50. The Labute approximate surface area is 183 Å². The Bertz CT molecular complexity index is 989. The number of pyridine rings is 1. The number of nitrogens with one attached hydrogen (secondary N) is 1. The van der Waals surface area contributed by atoms with Crippen molar-refractivity contribution in [2.75, 3.05) is 26.2 Å². The van der Waals surface area contributed by atoms with Crippen molar-refractivity contribution in [1.82, 2.24) is 19.5 Å². The Kier molecular flexibility index (Phi) is 7.40. The van der Waals surface area contributed by atoms with Gasteiger partial charge in [-0.05, 0) is 23.6 Å². The molecular weight excluding hydrogens is 416 g/mol. The molecule has 3 rings (SSSR count). The first-order valence-corrected chi connectivity index (χ1v) is 11.8. The second kappa shape index (κ2) is 10.0. The van der Waals surface area contributed by atoms with Crippen LogP contribution in [0.25, 0.3) is 0 Å². The van der Waals surface area contributed by atoms with E-state index < -0.39 is 16.1 Å². The van der Waals surface area contributed by atoms with Crippen LogP contribution in [0.15, 0.2) is 59.8 Å². The van der Waals surface area contributed by atoms with Gasteiger partial charge in [0.05, 0.1) is 0 Å². The van der Waals surface area contributed by atoms with Crippen molar-refractivity contribution in [3.05, 3.63) is 60.4 Å². The van der Waals surface area contributed by atoms with Crippen molar-refractivity contribution in [2.45, 2.75) is 31.2 Å². The number of amides is 2. The minimum atomic E-state index is -3.65. The van der Waals surface area contributed by atoms with E-state index in [9.17, 15) is 18.0 Å². The van der Waals surface area contributed by atoms with Crippen LogP contribution < -0.4 is 5.32 Å². The predicted octanol–water partition coefficient (Wildman–Crippen LogP) is 1.82. The minimum absolute atomic E-state index is 0.137. The van der Waals surface area contributed by atoms with Crippen molar-refractivity contribution in [1.29, 1.82) is 0 Å². The highest BCUT2D eigenvalue weighted by molar-refractivity contribution is 7.89. The number of piperazine rings is 1. The summed E-state index contributed by atoms with van der Waals surface area (Å²) in [6.07, 6.45) is 3.17. The predicted molar refractivity (Wildman–Crippen MR) is 116 cm³/mol. The van der Waals surface area contributed by atoms with Crippen LogP contribution in [0.2, 0.25) is 0 Å². The van der Waals surface area contributed by atoms with Crippen LogP contribution in [0.4, 0.5) is 0 Å². The van der Waals surface area contributed by atoms with E-state index in [0.29, 0.717) is 12.0 Å². The lowest BCUT2D eigenvalue weighted by Crippen LogP contribution is -2.53. The van der Waals surface area contributed by atoms with Gasteiger partial charge < -0.3 is 10.2 Å². The molecule has 1 unspecified atom stereocenters. The summed E-state index contributed by atoms with van der Waals surface area (Å²) in [5.74, 6) is -0.246. The molecular formula is C22H28N4O4S. The van der Waals surface area contributed by atoms with Gasteiger partial charge in [-0.1, -0.05) is 44.2 Å². The SMILES string of the molecule is CC(C)CC(=O)NC(C(=O)N1CCN(S(=O)(=O)c2cccnc2)CC1)c1ccccc1. The number of nitrogens with zero attached hydrogens (tertiary/aromatic N) is 3. The summed E-state index contributed by atoms with van der Waals surface area (Å²) in [5, 5.41) is 2.86. The molecule has 0 spiro atoms. The molecule has 2 aromatic rings. The van der Waals surface area contributed by atoms with Gasteiger partial charge in [0.15, 0.2) is 0 Å². The fourth-order valence-corrected chi connectivity index (χ4v) is 4.89. The lowest BCUT2D eigenvalue weighted by molar-refractivity contribution is -0.137. The fraction of sp³-hybridized carbons (Fsp3) is 0.409. The Hall–Kier alpha value is -2.78. The maximum absolute atomic E-state index is 13.3. The summed E-state index contributed by atoms with van der Waals surface area (Å²) in [7, 11) is -3.65. The monoisotopic (exact) mass is 444 g/mol. The van der Waals surface area contributed by atoms with Crippen molar-refractivity contribution in [3.8, 4) is 0 Å². The first-order chi connectivity index (χ1) is 14.8. The summed E-state index contributed by atoms with van der Waals surface area (Å²) >= 11 is 0. The molecule has 1 atom stereocenters. The highest BCUT2D eigenvalue weighted by atomic mass is 32.2. The minimum Gasteiger partial charge on any atom is -0.341 e. The zero-order valence-corrected chi connectivity index (χ0v) is 18.6. The average Bonchev–Trinajstić information content (AvgIpc) is 2.78. The molecule has 0 aliphatic carbocycles. The van der Waals surface area contributed by atoms with Crippen LogP contribution in [-0.2, 0) is 19.6 Å². The van der Waals surface area contributed by atoms with Crippen LogP contribution in [0.5, 0.6) is 0 Å². The normalized spacial score (nSPS) is 16.2. The zero-order chi connectivity index (χ0) is 22.4. The lowest BCUT2D eigenvalue weighted by atomic mass is 10.0. The van der Waals surface area contributed by atoms with E-state index in [1.54, 1.807) is 23.1 Å². The second-order valence-corrected chi connectivity index (χ2v) is 9.87. The zero-order valence-electron chi connectivity index (χ0n) is 17.8. The topological polar surface area (TPSA) is 99.7 Å². The van der Waals surface area contributed by atoms with Crippen LogP contribution in [0, 0.1) is 5.92 Å². The third kappa shape index (κ3) is 5.68. The molecule has 0 saturated carbocycles. The van der Waals surface area contributed by atoms with Gasteiger partial charge in [0.25, 0.3) is 0 Å². The van der Waals surface area contributed by atoms with Crippen LogP contribution in [-0.4, -0.2) is 60.6 Å². The van der Waals surface area contributed by atoms with E-state index in [1.807, 2.05) is 32.0 Å². The molecule has 1 aromatic heterocycles. The number of rotatable bonds is 7. The summed E-state index contributed by atoms with van der Waals surface area (Å²) in [6.45, 7) is 4.76. The van der Waals surface area contributed by atoms with Gasteiger partial charge >= 0.3 is 0 Å². The number of benzene rings is 1. The second-order valence-electron chi connectivity index (χ2n) is 7.93. The lowest BCUT2D eigenvalue weighted by Gasteiger charge is -2.36. The van der Waals surface area contributed by atoms with Crippen molar-refractivity contribution in [2.24, 2.45) is 5.92 Å². The van der Waals surface area contributed by atoms with Gasteiger partial charge in [-0.3, -0.25) is 14.6 Å². The van der Waals surface area contributed by atoms with Gasteiger partial charge in [-0.2, -0.15) is 4.31 Å². The highest BCUT2D eigenvalue weighted by Gasteiger charge is 2.33. The molecule has 0 radical (unpaired) electrons. The molecule has 1 saturated heterocycles. The quantitative estimate of drug-likeness (QED) is 0.702. The van der Waals surface area contributed by atoms with Crippen molar-refractivity contribution >= 4 is 21.8 Å². The number of hydrogen-bond donors (Lipinski definition) is 1. The standard InChI is InChI=1S/C22H28N4O4S/c1-17(2)15-20(27)24-21(18-7-4-3-5-8-18)22(28)25-11-13-26(14-12-25)31(29,30)19-9-6-10-23-16-19/h3-10,16-17,21H,11-15H2,1-2H3,(H,24,27). The molecule has 2 heterocycles. The number of hydrogen-bond acceptors (Lipinski definition) is 5. The van der Waals surface area contributed by atoms with Crippen LogP contribution in [0.1, 0.15) is 31.9 Å². The number of carbonyl (C=O) groups excluding carboxylic acids is 2. The maximum Gasteiger partial charge on any atom is 0.249 e. The van der Waals surface area contributed by atoms with Gasteiger partial charge in [0.2, 0.25) is 21.8 Å². The van der Waals surface area contributed by atoms with E-state index in [-0.39, 0.29) is 48.8 Å².